The van der Waals surface area contributed by atoms with Gasteiger partial charge in [-0.15, -0.1) is 0 Å². The van der Waals surface area contributed by atoms with Gasteiger partial charge in [-0.3, -0.25) is 4.79 Å². The standard InChI is InChI=1S/C19H19N3O/c1-2-15-8-10-17(11-9-15)19(23)20-12-16-13-21-22(14-16)18-6-4-3-5-7-18/h3-11,13-14H,2,12H2,1H3,(H,20,23). The molecule has 2 aromatic carbocycles. The van der Waals surface area contributed by atoms with E-state index in [9.17, 15) is 4.79 Å². The molecule has 3 rings (SSSR count). The minimum Gasteiger partial charge on any atom is -0.348 e. The number of rotatable bonds is 5. The molecule has 0 aliphatic heterocycles. The van der Waals surface area contributed by atoms with E-state index < -0.39 is 0 Å². The summed E-state index contributed by atoms with van der Waals surface area (Å²) in [6.45, 7) is 2.56. The van der Waals surface area contributed by atoms with E-state index in [1.54, 1.807) is 10.9 Å². The molecule has 23 heavy (non-hydrogen) atoms. The Hall–Kier alpha value is -2.88. The van der Waals surface area contributed by atoms with Gasteiger partial charge in [-0.05, 0) is 36.2 Å². The highest BCUT2D eigenvalue weighted by atomic mass is 16.1. The molecule has 0 spiro atoms. The zero-order chi connectivity index (χ0) is 16.1. The van der Waals surface area contributed by atoms with Crippen LogP contribution in [0.5, 0.6) is 0 Å². The van der Waals surface area contributed by atoms with E-state index in [1.165, 1.54) is 5.56 Å². The molecule has 0 unspecified atom stereocenters. The average Bonchev–Trinajstić information content (AvgIpc) is 3.09. The highest BCUT2D eigenvalue weighted by molar-refractivity contribution is 5.94. The van der Waals surface area contributed by atoms with Crippen LogP contribution >= 0.6 is 0 Å². The molecule has 0 saturated heterocycles. The zero-order valence-electron chi connectivity index (χ0n) is 13.1. The van der Waals surface area contributed by atoms with Crippen LogP contribution in [0.4, 0.5) is 0 Å². The Bertz CT molecular complexity index is 776. The normalized spacial score (nSPS) is 10.5. The number of hydrogen-bond acceptors (Lipinski definition) is 2. The fraction of sp³-hybridized carbons (Fsp3) is 0.158. The summed E-state index contributed by atoms with van der Waals surface area (Å²) in [5.74, 6) is -0.0693. The third-order valence-corrected chi connectivity index (χ3v) is 3.73. The Labute approximate surface area is 135 Å². The van der Waals surface area contributed by atoms with Crippen molar-refractivity contribution in [3.8, 4) is 5.69 Å². The first kappa shape index (κ1) is 15.0. The molecule has 0 radical (unpaired) electrons. The predicted octanol–water partition coefficient (Wildman–Crippen LogP) is 3.36. The quantitative estimate of drug-likeness (QED) is 0.785. The zero-order valence-corrected chi connectivity index (χ0v) is 13.1. The summed E-state index contributed by atoms with van der Waals surface area (Å²) in [6, 6.07) is 17.6. The van der Waals surface area contributed by atoms with Crippen LogP contribution in [0.2, 0.25) is 0 Å². The van der Waals surface area contributed by atoms with Crippen molar-refractivity contribution in [1.29, 1.82) is 0 Å². The summed E-state index contributed by atoms with van der Waals surface area (Å²) in [5.41, 5.74) is 3.87. The minimum atomic E-state index is -0.0693. The van der Waals surface area contributed by atoms with Crippen LogP contribution in [-0.4, -0.2) is 15.7 Å². The first-order valence-corrected chi connectivity index (χ1v) is 7.72. The number of carbonyl (C=O) groups excluding carboxylic acids is 1. The van der Waals surface area contributed by atoms with Crippen LogP contribution in [-0.2, 0) is 13.0 Å². The second kappa shape index (κ2) is 6.92. The van der Waals surface area contributed by atoms with Gasteiger partial charge in [0.15, 0.2) is 0 Å². The van der Waals surface area contributed by atoms with Gasteiger partial charge in [0.25, 0.3) is 5.91 Å². The van der Waals surface area contributed by atoms with Gasteiger partial charge >= 0.3 is 0 Å². The van der Waals surface area contributed by atoms with Crippen LogP contribution in [0.1, 0.15) is 28.4 Å². The Morgan fingerprint density at radius 3 is 2.48 bits per heavy atom. The number of para-hydroxylation sites is 1. The van der Waals surface area contributed by atoms with Gasteiger partial charge in [0.2, 0.25) is 0 Å². The third-order valence-electron chi connectivity index (χ3n) is 3.73. The molecule has 3 aromatic rings. The van der Waals surface area contributed by atoms with Crippen molar-refractivity contribution < 1.29 is 4.79 Å². The fourth-order valence-electron chi connectivity index (χ4n) is 2.35. The van der Waals surface area contributed by atoms with E-state index in [-0.39, 0.29) is 5.91 Å². The maximum absolute atomic E-state index is 12.2. The number of aromatic nitrogens is 2. The van der Waals surface area contributed by atoms with Gasteiger partial charge in [-0.2, -0.15) is 5.10 Å². The first-order valence-electron chi connectivity index (χ1n) is 7.72. The molecular weight excluding hydrogens is 286 g/mol. The van der Waals surface area contributed by atoms with Crippen LogP contribution in [0, 0.1) is 0 Å². The molecule has 0 bridgehead atoms. The van der Waals surface area contributed by atoms with Gasteiger partial charge in [-0.25, -0.2) is 4.68 Å². The van der Waals surface area contributed by atoms with Gasteiger partial charge < -0.3 is 5.32 Å². The maximum atomic E-state index is 12.2. The van der Waals surface area contributed by atoms with Crippen molar-refractivity contribution in [2.75, 3.05) is 0 Å². The summed E-state index contributed by atoms with van der Waals surface area (Å²) < 4.78 is 1.80. The van der Waals surface area contributed by atoms with E-state index in [0.717, 1.165) is 17.7 Å². The molecule has 1 heterocycles. The molecule has 1 aromatic heterocycles. The third kappa shape index (κ3) is 3.66. The molecule has 116 valence electrons. The van der Waals surface area contributed by atoms with Crippen molar-refractivity contribution in [2.24, 2.45) is 0 Å². The van der Waals surface area contributed by atoms with E-state index in [4.69, 9.17) is 0 Å². The van der Waals surface area contributed by atoms with Crippen molar-refractivity contribution in [3.63, 3.8) is 0 Å². The van der Waals surface area contributed by atoms with Crippen LogP contribution in [0.3, 0.4) is 0 Å². The molecule has 0 atom stereocenters. The van der Waals surface area contributed by atoms with Gasteiger partial charge in [-0.1, -0.05) is 37.3 Å². The molecule has 0 fully saturated rings. The van der Waals surface area contributed by atoms with Crippen molar-refractivity contribution in [2.45, 2.75) is 19.9 Å². The molecule has 4 nitrogen and oxygen atoms in total. The highest BCUT2D eigenvalue weighted by Gasteiger charge is 2.06. The summed E-state index contributed by atoms with van der Waals surface area (Å²) >= 11 is 0. The minimum absolute atomic E-state index is 0.0693. The molecule has 0 saturated carbocycles. The van der Waals surface area contributed by atoms with Crippen molar-refractivity contribution >= 4 is 5.91 Å². The van der Waals surface area contributed by atoms with Crippen LogP contribution in [0.15, 0.2) is 67.0 Å². The average molecular weight is 305 g/mol. The number of aryl methyl sites for hydroxylation is 1. The van der Waals surface area contributed by atoms with Gasteiger partial charge in [0.05, 0.1) is 11.9 Å². The molecule has 0 aliphatic carbocycles. The second-order valence-corrected chi connectivity index (χ2v) is 5.36. The lowest BCUT2D eigenvalue weighted by atomic mass is 10.1. The smallest absolute Gasteiger partial charge is 0.251 e. The summed E-state index contributed by atoms with van der Waals surface area (Å²) in [6.07, 6.45) is 4.67. The monoisotopic (exact) mass is 305 g/mol. The largest absolute Gasteiger partial charge is 0.348 e. The van der Waals surface area contributed by atoms with E-state index in [1.807, 2.05) is 60.8 Å². The van der Waals surface area contributed by atoms with Crippen LogP contribution < -0.4 is 5.32 Å². The number of nitrogens with zero attached hydrogens (tertiary/aromatic N) is 2. The lowest BCUT2D eigenvalue weighted by molar-refractivity contribution is 0.0951. The fourth-order valence-corrected chi connectivity index (χ4v) is 2.35. The van der Waals surface area contributed by atoms with E-state index in [2.05, 4.69) is 17.3 Å². The molecular formula is C19H19N3O. The van der Waals surface area contributed by atoms with E-state index >= 15 is 0 Å². The highest BCUT2D eigenvalue weighted by Crippen LogP contribution is 2.08. The Kier molecular flexibility index (Phi) is 4.52. The predicted molar refractivity (Wildman–Crippen MR) is 90.6 cm³/mol. The molecule has 1 amide bonds. The summed E-state index contributed by atoms with van der Waals surface area (Å²) in [5, 5.41) is 7.25. The van der Waals surface area contributed by atoms with Gasteiger partial charge in [0, 0.05) is 23.9 Å². The van der Waals surface area contributed by atoms with E-state index in [0.29, 0.717) is 12.1 Å². The molecule has 1 N–H and O–H groups in total. The number of benzene rings is 2. The Balaban J connectivity index is 1.62. The first-order chi connectivity index (χ1) is 11.3. The van der Waals surface area contributed by atoms with Crippen LogP contribution in [0.25, 0.3) is 5.69 Å². The van der Waals surface area contributed by atoms with Crippen molar-refractivity contribution in [3.05, 3.63) is 83.7 Å². The number of carbonyl (C=O) groups is 1. The molecule has 4 heteroatoms. The Morgan fingerprint density at radius 1 is 1.04 bits per heavy atom. The Morgan fingerprint density at radius 2 is 1.78 bits per heavy atom. The number of amides is 1. The summed E-state index contributed by atoms with van der Waals surface area (Å²) in [7, 11) is 0. The second-order valence-electron chi connectivity index (χ2n) is 5.36. The number of nitrogens with one attached hydrogen (secondary N) is 1. The summed E-state index contributed by atoms with van der Waals surface area (Å²) in [4.78, 5) is 12.2. The SMILES string of the molecule is CCc1ccc(C(=O)NCc2cnn(-c3ccccc3)c2)cc1. The number of hydrogen-bond donors (Lipinski definition) is 1. The van der Waals surface area contributed by atoms with Crippen molar-refractivity contribution in [1.82, 2.24) is 15.1 Å². The lowest BCUT2D eigenvalue weighted by Crippen LogP contribution is -2.22. The van der Waals surface area contributed by atoms with Gasteiger partial charge in [0.1, 0.15) is 0 Å². The lowest BCUT2D eigenvalue weighted by Gasteiger charge is -2.04. The topological polar surface area (TPSA) is 46.9 Å². The molecule has 0 aliphatic rings. The maximum Gasteiger partial charge on any atom is 0.251 e.